The van der Waals surface area contributed by atoms with Gasteiger partial charge in [0.2, 0.25) is 0 Å². The minimum Gasteiger partial charge on any atom is -0.493 e. The standard InChI is InChI=1S/C14H14OS/c16-11-10-15-14-8-6-13(7-9-14)12-4-2-1-3-5-12/h1-9,16H,10-11H2. The first-order valence-electron chi connectivity index (χ1n) is 5.29. The van der Waals surface area contributed by atoms with Gasteiger partial charge in [-0.2, -0.15) is 12.6 Å². The summed E-state index contributed by atoms with van der Waals surface area (Å²) in [6.45, 7) is 0.647. The fourth-order valence-corrected chi connectivity index (χ4v) is 1.63. The van der Waals surface area contributed by atoms with Gasteiger partial charge in [0.15, 0.2) is 0 Å². The van der Waals surface area contributed by atoms with Crippen LogP contribution in [0.5, 0.6) is 5.75 Å². The Labute approximate surface area is 101 Å². The molecular formula is C14H14OS. The third kappa shape index (κ3) is 2.80. The van der Waals surface area contributed by atoms with Crippen molar-refractivity contribution in [2.75, 3.05) is 12.4 Å². The lowest BCUT2D eigenvalue weighted by atomic mass is 10.1. The summed E-state index contributed by atoms with van der Waals surface area (Å²) >= 11 is 4.10. The molecule has 1 nitrogen and oxygen atoms in total. The fourth-order valence-electron chi connectivity index (χ4n) is 1.54. The summed E-state index contributed by atoms with van der Waals surface area (Å²) in [6.07, 6.45) is 0. The minimum atomic E-state index is 0.647. The Morgan fingerprint density at radius 3 is 2.06 bits per heavy atom. The largest absolute Gasteiger partial charge is 0.493 e. The molecule has 0 bridgehead atoms. The van der Waals surface area contributed by atoms with Crippen molar-refractivity contribution in [2.45, 2.75) is 0 Å². The summed E-state index contributed by atoms with van der Waals surface area (Å²) in [7, 11) is 0. The van der Waals surface area contributed by atoms with Gasteiger partial charge in [-0.3, -0.25) is 0 Å². The molecule has 2 aromatic rings. The van der Waals surface area contributed by atoms with Gasteiger partial charge in [-0.1, -0.05) is 42.5 Å². The van der Waals surface area contributed by atoms with Crippen molar-refractivity contribution in [3.05, 3.63) is 54.6 Å². The lowest BCUT2D eigenvalue weighted by molar-refractivity contribution is 0.344. The van der Waals surface area contributed by atoms with Crippen molar-refractivity contribution < 1.29 is 4.74 Å². The first kappa shape index (κ1) is 11.1. The molecule has 0 unspecified atom stereocenters. The highest BCUT2D eigenvalue weighted by Gasteiger charge is 1.97. The van der Waals surface area contributed by atoms with Crippen LogP contribution in [0.4, 0.5) is 0 Å². The van der Waals surface area contributed by atoms with E-state index in [0.29, 0.717) is 6.61 Å². The average Bonchev–Trinajstić information content (AvgIpc) is 2.38. The normalized spacial score (nSPS) is 10.1. The van der Waals surface area contributed by atoms with Crippen molar-refractivity contribution in [1.82, 2.24) is 0 Å². The summed E-state index contributed by atoms with van der Waals surface area (Å²) in [6, 6.07) is 18.4. The van der Waals surface area contributed by atoms with Crippen LogP contribution in [0, 0.1) is 0 Å². The van der Waals surface area contributed by atoms with Crippen LogP contribution in [0.3, 0.4) is 0 Å². The van der Waals surface area contributed by atoms with Crippen LogP contribution in [0.25, 0.3) is 11.1 Å². The maximum atomic E-state index is 5.47. The van der Waals surface area contributed by atoms with Crippen LogP contribution < -0.4 is 4.74 Å². The lowest BCUT2D eigenvalue weighted by Gasteiger charge is -2.05. The smallest absolute Gasteiger partial charge is 0.119 e. The molecule has 2 aromatic carbocycles. The fraction of sp³-hybridized carbons (Fsp3) is 0.143. The Balaban J connectivity index is 2.13. The van der Waals surface area contributed by atoms with Gasteiger partial charge in [0.1, 0.15) is 5.75 Å². The molecule has 0 heterocycles. The van der Waals surface area contributed by atoms with Crippen molar-refractivity contribution in [3.63, 3.8) is 0 Å². The molecule has 0 saturated heterocycles. The summed E-state index contributed by atoms with van der Waals surface area (Å²) < 4.78 is 5.47. The average molecular weight is 230 g/mol. The zero-order chi connectivity index (χ0) is 11.2. The topological polar surface area (TPSA) is 9.23 Å². The van der Waals surface area contributed by atoms with Gasteiger partial charge in [0, 0.05) is 5.75 Å². The van der Waals surface area contributed by atoms with Crippen LogP contribution in [-0.4, -0.2) is 12.4 Å². The van der Waals surface area contributed by atoms with E-state index in [1.165, 1.54) is 11.1 Å². The second-order valence-electron chi connectivity index (χ2n) is 3.46. The van der Waals surface area contributed by atoms with Gasteiger partial charge in [0.25, 0.3) is 0 Å². The molecule has 0 spiro atoms. The van der Waals surface area contributed by atoms with E-state index in [-0.39, 0.29) is 0 Å². The first-order valence-corrected chi connectivity index (χ1v) is 5.92. The zero-order valence-electron chi connectivity index (χ0n) is 8.97. The molecule has 0 aliphatic rings. The molecule has 0 N–H and O–H groups in total. The molecule has 0 atom stereocenters. The van der Waals surface area contributed by atoms with E-state index in [1.807, 2.05) is 30.3 Å². The number of benzene rings is 2. The monoisotopic (exact) mass is 230 g/mol. The van der Waals surface area contributed by atoms with Gasteiger partial charge < -0.3 is 4.74 Å². The third-order valence-electron chi connectivity index (χ3n) is 2.32. The van der Waals surface area contributed by atoms with Crippen molar-refractivity contribution in [3.8, 4) is 16.9 Å². The lowest BCUT2D eigenvalue weighted by Crippen LogP contribution is -1.97. The second-order valence-corrected chi connectivity index (χ2v) is 3.91. The van der Waals surface area contributed by atoms with E-state index in [9.17, 15) is 0 Å². The van der Waals surface area contributed by atoms with Gasteiger partial charge in [-0.15, -0.1) is 0 Å². The number of hydrogen-bond donors (Lipinski definition) is 1. The van der Waals surface area contributed by atoms with E-state index < -0.39 is 0 Å². The molecule has 0 saturated carbocycles. The molecule has 82 valence electrons. The molecule has 0 aromatic heterocycles. The molecular weight excluding hydrogens is 216 g/mol. The van der Waals surface area contributed by atoms with Crippen molar-refractivity contribution in [1.29, 1.82) is 0 Å². The van der Waals surface area contributed by atoms with E-state index in [2.05, 4.69) is 36.9 Å². The Morgan fingerprint density at radius 1 is 0.812 bits per heavy atom. The Bertz CT molecular complexity index is 422. The number of rotatable bonds is 4. The van der Waals surface area contributed by atoms with Crippen molar-refractivity contribution in [2.24, 2.45) is 0 Å². The van der Waals surface area contributed by atoms with E-state index in [0.717, 1.165) is 11.5 Å². The maximum absolute atomic E-state index is 5.47. The quantitative estimate of drug-likeness (QED) is 0.789. The summed E-state index contributed by atoms with van der Waals surface area (Å²) in [5.41, 5.74) is 2.43. The molecule has 2 rings (SSSR count). The molecule has 16 heavy (non-hydrogen) atoms. The molecule has 0 aliphatic carbocycles. The minimum absolute atomic E-state index is 0.647. The Morgan fingerprint density at radius 2 is 1.44 bits per heavy atom. The third-order valence-corrected chi connectivity index (χ3v) is 2.50. The van der Waals surface area contributed by atoms with Crippen LogP contribution >= 0.6 is 12.6 Å². The van der Waals surface area contributed by atoms with Crippen LogP contribution in [0.1, 0.15) is 0 Å². The summed E-state index contributed by atoms with van der Waals surface area (Å²) in [4.78, 5) is 0. The van der Waals surface area contributed by atoms with E-state index >= 15 is 0 Å². The molecule has 0 radical (unpaired) electrons. The summed E-state index contributed by atoms with van der Waals surface area (Å²) in [5, 5.41) is 0. The van der Waals surface area contributed by atoms with E-state index in [1.54, 1.807) is 0 Å². The van der Waals surface area contributed by atoms with Crippen LogP contribution in [0.15, 0.2) is 54.6 Å². The summed E-state index contributed by atoms with van der Waals surface area (Å²) in [5.74, 6) is 1.63. The van der Waals surface area contributed by atoms with Gasteiger partial charge >= 0.3 is 0 Å². The first-order chi connectivity index (χ1) is 7.90. The van der Waals surface area contributed by atoms with Crippen LogP contribution in [-0.2, 0) is 0 Å². The van der Waals surface area contributed by atoms with Crippen molar-refractivity contribution >= 4 is 12.6 Å². The number of hydrogen-bond acceptors (Lipinski definition) is 2. The van der Waals surface area contributed by atoms with Gasteiger partial charge in [-0.25, -0.2) is 0 Å². The number of ether oxygens (including phenoxy) is 1. The Hall–Kier alpha value is -1.41. The molecule has 2 heteroatoms. The SMILES string of the molecule is SCCOc1ccc(-c2ccccc2)cc1. The molecule has 0 amide bonds. The second kappa shape index (κ2) is 5.61. The van der Waals surface area contributed by atoms with Crippen LogP contribution in [0.2, 0.25) is 0 Å². The zero-order valence-corrected chi connectivity index (χ0v) is 9.86. The highest BCUT2D eigenvalue weighted by molar-refractivity contribution is 7.80. The molecule has 0 aliphatic heterocycles. The highest BCUT2D eigenvalue weighted by atomic mass is 32.1. The van der Waals surface area contributed by atoms with E-state index in [4.69, 9.17) is 4.74 Å². The van der Waals surface area contributed by atoms with Gasteiger partial charge in [0.05, 0.1) is 6.61 Å². The Kier molecular flexibility index (Phi) is 3.89. The highest BCUT2D eigenvalue weighted by Crippen LogP contribution is 2.21. The van der Waals surface area contributed by atoms with Gasteiger partial charge in [-0.05, 0) is 23.3 Å². The predicted molar refractivity (Wildman–Crippen MR) is 71.2 cm³/mol. The molecule has 0 fully saturated rings. The maximum Gasteiger partial charge on any atom is 0.119 e. The predicted octanol–water partition coefficient (Wildman–Crippen LogP) is 3.66. The number of thiol groups is 1.